The van der Waals surface area contributed by atoms with Gasteiger partial charge in [-0.2, -0.15) is 4.31 Å². The fourth-order valence-corrected chi connectivity index (χ4v) is 3.96. The molecular weight excluding hydrogens is 289 g/mol. The number of halogens is 1. The van der Waals surface area contributed by atoms with Gasteiger partial charge in [-0.3, -0.25) is 0 Å². The first kappa shape index (κ1) is 14.9. The number of aromatic carboxylic acids is 1. The number of carboxylic acid groups (broad SMARTS) is 1. The summed E-state index contributed by atoms with van der Waals surface area (Å²) in [6.45, 7) is 1.33. The van der Waals surface area contributed by atoms with Gasteiger partial charge in [0.15, 0.2) is 5.82 Å². The Morgan fingerprint density at radius 1 is 1.50 bits per heavy atom. The second-order valence-electron chi connectivity index (χ2n) is 4.67. The highest BCUT2D eigenvalue weighted by molar-refractivity contribution is 7.89. The molecule has 1 saturated heterocycles. The number of benzene rings is 1. The molecule has 0 spiro atoms. The number of aryl methyl sites for hydroxylation is 1. The Kier molecular flexibility index (Phi) is 3.81. The summed E-state index contributed by atoms with van der Waals surface area (Å²) in [6.07, 6.45) is 0.495. The number of hydrogen-bond acceptors (Lipinski definition) is 4. The maximum Gasteiger partial charge on any atom is 0.338 e. The first-order valence-corrected chi connectivity index (χ1v) is 7.39. The Labute approximate surface area is 115 Å². The predicted molar refractivity (Wildman–Crippen MR) is 67.5 cm³/mol. The fourth-order valence-electron chi connectivity index (χ4n) is 2.12. The van der Waals surface area contributed by atoms with Crippen LogP contribution in [-0.4, -0.2) is 48.1 Å². The van der Waals surface area contributed by atoms with Gasteiger partial charge in [-0.15, -0.1) is 0 Å². The Bertz CT molecular complexity index is 656. The van der Waals surface area contributed by atoms with Gasteiger partial charge < -0.3 is 10.2 Å². The van der Waals surface area contributed by atoms with Crippen LogP contribution in [-0.2, 0) is 10.0 Å². The van der Waals surface area contributed by atoms with Crippen molar-refractivity contribution in [3.8, 4) is 0 Å². The number of aliphatic hydroxyl groups excluding tert-OH is 1. The number of hydrogen-bond donors (Lipinski definition) is 2. The summed E-state index contributed by atoms with van der Waals surface area (Å²) < 4.78 is 39.7. The van der Waals surface area contributed by atoms with Crippen molar-refractivity contribution in [2.75, 3.05) is 13.2 Å². The molecule has 2 N–H and O–H groups in total. The number of rotatable bonds is 4. The molecule has 1 aromatic carbocycles. The third-order valence-electron chi connectivity index (χ3n) is 3.30. The highest BCUT2D eigenvalue weighted by Gasteiger charge is 2.40. The molecule has 1 aliphatic heterocycles. The van der Waals surface area contributed by atoms with Gasteiger partial charge in [0.2, 0.25) is 10.0 Å². The van der Waals surface area contributed by atoms with E-state index in [9.17, 15) is 17.6 Å². The average Bonchev–Trinajstić information content (AvgIpc) is 2.29. The second kappa shape index (κ2) is 5.12. The first-order chi connectivity index (χ1) is 9.28. The van der Waals surface area contributed by atoms with Crippen molar-refractivity contribution in [1.82, 2.24) is 4.31 Å². The Hall–Kier alpha value is -1.51. The SMILES string of the molecule is Cc1cc(C(=O)O)c(F)c(S(=O)(=O)N2CCC2CO)c1. The van der Waals surface area contributed by atoms with E-state index in [0.717, 1.165) is 16.4 Å². The van der Waals surface area contributed by atoms with E-state index in [0.29, 0.717) is 12.0 Å². The van der Waals surface area contributed by atoms with Crippen LogP contribution in [0.5, 0.6) is 0 Å². The molecule has 0 saturated carbocycles. The lowest BCUT2D eigenvalue weighted by molar-refractivity contribution is 0.0691. The van der Waals surface area contributed by atoms with Crippen LogP contribution in [0.3, 0.4) is 0 Å². The van der Waals surface area contributed by atoms with Crippen molar-refractivity contribution in [1.29, 1.82) is 0 Å². The van der Waals surface area contributed by atoms with Gasteiger partial charge in [0, 0.05) is 12.6 Å². The monoisotopic (exact) mass is 303 g/mol. The quantitative estimate of drug-likeness (QED) is 0.849. The minimum absolute atomic E-state index is 0.184. The molecule has 0 bridgehead atoms. The van der Waals surface area contributed by atoms with Crippen LogP contribution < -0.4 is 0 Å². The second-order valence-corrected chi connectivity index (χ2v) is 6.53. The lowest BCUT2D eigenvalue weighted by Gasteiger charge is -2.38. The zero-order chi connectivity index (χ0) is 15.1. The molecule has 2 rings (SSSR count). The molecule has 0 aromatic heterocycles. The van der Waals surface area contributed by atoms with Crippen LogP contribution in [0.1, 0.15) is 22.3 Å². The van der Waals surface area contributed by atoms with E-state index in [1.165, 1.54) is 6.92 Å². The van der Waals surface area contributed by atoms with E-state index in [1.807, 2.05) is 0 Å². The molecule has 110 valence electrons. The fraction of sp³-hybridized carbons (Fsp3) is 0.417. The molecule has 1 fully saturated rings. The first-order valence-electron chi connectivity index (χ1n) is 5.95. The smallest absolute Gasteiger partial charge is 0.338 e. The third kappa shape index (κ3) is 2.30. The van der Waals surface area contributed by atoms with Crippen LogP contribution in [0.25, 0.3) is 0 Å². The molecular formula is C12H14FNO5S. The molecule has 0 amide bonds. The molecule has 0 aliphatic carbocycles. The minimum Gasteiger partial charge on any atom is -0.478 e. The summed E-state index contributed by atoms with van der Waals surface area (Å²) in [5.74, 6) is -2.79. The number of nitrogens with zero attached hydrogens (tertiary/aromatic N) is 1. The van der Waals surface area contributed by atoms with Gasteiger partial charge in [0.25, 0.3) is 0 Å². The van der Waals surface area contributed by atoms with Gasteiger partial charge in [-0.25, -0.2) is 17.6 Å². The lowest BCUT2D eigenvalue weighted by atomic mass is 10.1. The van der Waals surface area contributed by atoms with Crippen molar-refractivity contribution in [2.24, 2.45) is 0 Å². The Morgan fingerprint density at radius 3 is 2.60 bits per heavy atom. The van der Waals surface area contributed by atoms with Crippen molar-refractivity contribution in [3.05, 3.63) is 29.1 Å². The normalized spacial score (nSPS) is 19.6. The molecule has 6 nitrogen and oxygen atoms in total. The summed E-state index contributed by atoms with van der Waals surface area (Å²) in [4.78, 5) is 10.3. The maximum absolute atomic E-state index is 14.1. The van der Waals surface area contributed by atoms with E-state index >= 15 is 0 Å². The Morgan fingerprint density at radius 2 is 2.15 bits per heavy atom. The van der Waals surface area contributed by atoms with Crippen molar-refractivity contribution in [3.63, 3.8) is 0 Å². The van der Waals surface area contributed by atoms with Crippen LogP contribution in [0, 0.1) is 12.7 Å². The largest absolute Gasteiger partial charge is 0.478 e. The number of carboxylic acids is 1. The van der Waals surface area contributed by atoms with Crippen LogP contribution >= 0.6 is 0 Å². The molecule has 1 aliphatic rings. The standard InChI is InChI=1S/C12H14FNO5S/c1-7-4-9(12(16)17)11(13)10(5-7)20(18,19)14-3-2-8(14)6-15/h4-5,8,15H,2-3,6H2,1H3,(H,16,17). The van der Waals surface area contributed by atoms with E-state index < -0.39 is 38.3 Å². The maximum atomic E-state index is 14.1. The molecule has 1 unspecified atom stereocenters. The van der Waals surface area contributed by atoms with Crippen LogP contribution in [0.15, 0.2) is 17.0 Å². The summed E-state index contributed by atoms with van der Waals surface area (Å²) in [7, 11) is -4.14. The van der Waals surface area contributed by atoms with Crippen molar-refractivity contribution in [2.45, 2.75) is 24.3 Å². The highest BCUT2D eigenvalue weighted by atomic mass is 32.2. The van der Waals surface area contributed by atoms with Gasteiger partial charge in [-0.1, -0.05) is 0 Å². The number of carbonyl (C=O) groups is 1. The highest BCUT2D eigenvalue weighted by Crippen LogP contribution is 2.30. The van der Waals surface area contributed by atoms with Gasteiger partial charge in [0.05, 0.1) is 12.2 Å². The Balaban J connectivity index is 2.55. The topological polar surface area (TPSA) is 94.9 Å². The number of aliphatic hydroxyl groups is 1. The molecule has 20 heavy (non-hydrogen) atoms. The predicted octanol–water partition coefficient (Wildman–Crippen LogP) is 0.588. The molecule has 1 aromatic rings. The van der Waals surface area contributed by atoms with E-state index in [1.54, 1.807) is 0 Å². The van der Waals surface area contributed by atoms with Crippen molar-refractivity contribution >= 4 is 16.0 Å². The average molecular weight is 303 g/mol. The van der Waals surface area contributed by atoms with Gasteiger partial charge in [0.1, 0.15) is 4.90 Å². The number of sulfonamides is 1. The van der Waals surface area contributed by atoms with Gasteiger partial charge in [-0.05, 0) is 31.0 Å². The summed E-state index contributed by atoms with van der Waals surface area (Å²) in [6, 6.07) is 1.60. The zero-order valence-electron chi connectivity index (χ0n) is 10.7. The zero-order valence-corrected chi connectivity index (χ0v) is 11.5. The lowest BCUT2D eigenvalue weighted by Crippen LogP contribution is -2.52. The molecule has 0 radical (unpaired) electrons. The molecule has 8 heteroatoms. The van der Waals surface area contributed by atoms with E-state index in [-0.39, 0.29) is 13.2 Å². The third-order valence-corrected chi connectivity index (χ3v) is 5.25. The van der Waals surface area contributed by atoms with E-state index in [4.69, 9.17) is 10.2 Å². The summed E-state index contributed by atoms with van der Waals surface area (Å²) in [5, 5.41) is 17.9. The minimum atomic E-state index is -4.14. The van der Waals surface area contributed by atoms with Crippen molar-refractivity contribution < 1.29 is 27.8 Å². The van der Waals surface area contributed by atoms with Crippen LogP contribution in [0.2, 0.25) is 0 Å². The molecule has 1 heterocycles. The van der Waals surface area contributed by atoms with E-state index in [2.05, 4.69) is 0 Å². The van der Waals surface area contributed by atoms with Crippen LogP contribution in [0.4, 0.5) is 4.39 Å². The molecule has 1 atom stereocenters. The summed E-state index contributed by atoms with van der Waals surface area (Å²) in [5.41, 5.74) is -0.340. The van der Waals surface area contributed by atoms with Gasteiger partial charge >= 0.3 is 5.97 Å². The summed E-state index contributed by atoms with van der Waals surface area (Å²) >= 11 is 0.